The quantitative estimate of drug-likeness (QED) is 0.0878. The molecule has 11 rings (SSSR count). The summed E-state index contributed by atoms with van der Waals surface area (Å²) >= 11 is 0. The molecule has 0 aliphatic heterocycles. The van der Waals surface area contributed by atoms with Crippen molar-refractivity contribution < 1.29 is 0 Å². The van der Waals surface area contributed by atoms with Crippen LogP contribution in [0.1, 0.15) is 101 Å². The Bertz CT molecular complexity index is 3520. The first-order valence-electron chi connectivity index (χ1n) is 24.6. The lowest BCUT2D eigenvalue weighted by atomic mass is 9.81. The average molecular weight is 928 g/mol. The first-order chi connectivity index (χ1) is 34.5. The van der Waals surface area contributed by atoms with Crippen molar-refractivity contribution in [3.8, 4) is 11.1 Å². The van der Waals surface area contributed by atoms with Crippen LogP contribution in [-0.2, 0) is 5.41 Å². The minimum atomic E-state index is -0.416. The lowest BCUT2D eigenvalue weighted by molar-refractivity contribution is 0.661. The molecule has 9 nitrogen and oxygen atoms in total. The maximum absolute atomic E-state index is 5.02. The Hall–Kier alpha value is -8.30. The van der Waals surface area contributed by atoms with Crippen LogP contribution in [0.4, 0.5) is 51.6 Å². The van der Waals surface area contributed by atoms with Crippen LogP contribution < -0.4 is 14.7 Å². The molecule has 0 unspecified atom stereocenters. The van der Waals surface area contributed by atoms with Crippen LogP contribution in [0.3, 0.4) is 0 Å². The monoisotopic (exact) mass is 927 g/mol. The fraction of sp³-hybridized carbons (Fsp3) is 0.194. The van der Waals surface area contributed by atoms with Gasteiger partial charge in [-0.1, -0.05) is 122 Å². The molecule has 1 aliphatic rings. The van der Waals surface area contributed by atoms with E-state index >= 15 is 0 Å². The first kappa shape index (κ1) is 45.2. The van der Waals surface area contributed by atoms with Crippen LogP contribution >= 0.6 is 0 Å². The number of anilines is 9. The normalized spacial score (nSPS) is 12.7. The predicted octanol–water partition coefficient (Wildman–Crippen LogP) is 16.4. The highest BCUT2D eigenvalue weighted by atomic mass is 15.2. The number of benzene rings is 7. The number of hydrogen-bond donors (Lipinski definition) is 0. The van der Waals surface area contributed by atoms with Crippen molar-refractivity contribution in [3.63, 3.8) is 0 Å². The second-order valence-corrected chi connectivity index (χ2v) is 20.0. The SMILES string of the molecule is CC(C)c1ccc(N(c2ccc3c(c2)C(C)(C)c2cc4c(N(c5ccc(C(C)C)cc5)c5cnccn5)c5ccccc5c(N(c5ccc(C(C)C)cc5)c5cnccn5)c4cc2-3)c2cnccn2)cc1. The van der Waals surface area contributed by atoms with E-state index < -0.39 is 5.41 Å². The van der Waals surface area contributed by atoms with Gasteiger partial charge < -0.3 is 0 Å². The summed E-state index contributed by atoms with van der Waals surface area (Å²) in [5.74, 6) is 3.36. The van der Waals surface area contributed by atoms with E-state index in [4.69, 9.17) is 15.0 Å². The number of hydrogen-bond acceptors (Lipinski definition) is 9. The molecule has 350 valence electrons. The molecule has 9 heteroatoms. The van der Waals surface area contributed by atoms with E-state index in [-0.39, 0.29) is 0 Å². The van der Waals surface area contributed by atoms with Gasteiger partial charge in [0.05, 0.1) is 30.0 Å². The Kier molecular flexibility index (Phi) is 11.6. The highest BCUT2D eigenvalue weighted by Gasteiger charge is 2.38. The average Bonchev–Trinajstić information content (AvgIpc) is 3.62. The van der Waals surface area contributed by atoms with E-state index in [0.29, 0.717) is 17.8 Å². The summed E-state index contributed by atoms with van der Waals surface area (Å²) in [5, 5.41) is 4.23. The topological polar surface area (TPSA) is 87.1 Å². The zero-order valence-electron chi connectivity index (χ0n) is 41.6. The van der Waals surface area contributed by atoms with Gasteiger partial charge in [0, 0.05) is 86.9 Å². The molecule has 0 bridgehead atoms. The molecule has 3 aromatic heterocycles. The number of nitrogens with zero attached hydrogens (tertiary/aromatic N) is 9. The summed E-state index contributed by atoms with van der Waals surface area (Å²) < 4.78 is 0. The first-order valence-corrected chi connectivity index (χ1v) is 24.6. The molecule has 0 saturated heterocycles. The van der Waals surface area contributed by atoms with Gasteiger partial charge in [-0.15, -0.1) is 0 Å². The van der Waals surface area contributed by atoms with Crippen LogP contribution in [0, 0.1) is 0 Å². The van der Waals surface area contributed by atoms with Gasteiger partial charge in [-0.3, -0.25) is 29.7 Å². The highest BCUT2D eigenvalue weighted by molar-refractivity contribution is 6.24. The van der Waals surface area contributed by atoms with Crippen molar-refractivity contribution in [3.05, 3.63) is 211 Å². The zero-order chi connectivity index (χ0) is 49.0. The van der Waals surface area contributed by atoms with Crippen LogP contribution in [0.2, 0.25) is 0 Å². The predicted molar refractivity (Wildman–Crippen MR) is 292 cm³/mol. The minimum absolute atomic E-state index is 0.376. The molecule has 0 spiro atoms. The van der Waals surface area contributed by atoms with Crippen molar-refractivity contribution in [1.82, 2.24) is 29.9 Å². The third-order valence-electron chi connectivity index (χ3n) is 14.2. The van der Waals surface area contributed by atoms with E-state index in [0.717, 1.165) is 73.1 Å². The number of fused-ring (bicyclic) bond motifs is 5. The van der Waals surface area contributed by atoms with Crippen LogP contribution in [-0.4, -0.2) is 29.9 Å². The third-order valence-corrected chi connectivity index (χ3v) is 14.2. The largest absolute Gasteiger partial charge is 0.294 e. The Morgan fingerprint density at radius 2 is 0.746 bits per heavy atom. The fourth-order valence-corrected chi connectivity index (χ4v) is 10.4. The zero-order valence-corrected chi connectivity index (χ0v) is 41.6. The lowest BCUT2D eigenvalue weighted by Gasteiger charge is -2.32. The summed E-state index contributed by atoms with van der Waals surface area (Å²) in [7, 11) is 0. The van der Waals surface area contributed by atoms with Gasteiger partial charge in [0.15, 0.2) is 17.5 Å². The molecule has 3 heterocycles. The molecule has 0 saturated carbocycles. The molecule has 71 heavy (non-hydrogen) atoms. The summed E-state index contributed by atoms with van der Waals surface area (Å²) in [6, 6.07) is 47.1. The van der Waals surface area contributed by atoms with E-state index in [9.17, 15) is 0 Å². The molecule has 0 amide bonds. The van der Waals surface area contributed by atoms with Gasteiger partial charge in [-0.25, -0.2) is 15.0 Å². The Labute approximate surface area is 416 Å². The van der Waals surface area contributed by atoms with Crippen molar-refractivity contribution in [1.29, 1.82) is 0 Å². The van der Waals surface area contributed by atoms with E-state index in [1.807, 2.05) is 18.6 Å². The summed E-state index contributed by atoms with van der Waals surface area (Å²) in [4.78, 5) is 35.5. The minimum Gasteiger partial charge on any atom is -0.294 e. The number of aromatic nitrogens is 6. The molecule has 1 aliphatic carbocycles. The molecule has 10 aromatic rings. The standard InChI is InChI=1S/C62H57N9/c1-39(2)42-13-19-45(20-14-42)69(57-36-63-27-30-66-57)48-25-26-49-52-34-53-54(35-56(52)62(7,8)55(49)33-48)61(71(59-38-65-29-32-68-59)47-23-17-44(18-24-47)41(5)6)51-12-10-9-11-50(51)60(53)70(58-37-64-28-31-67-58)46-21-15-43(16-22-46)40(3)4/h9-41H,1-8H3. The Morgan fingerprint density at radius 3 is 1.15 bits per heavy atom. The van der Waals surface area contributed by atoms with Crippen molar-refractivity contribution >= 4 is 73.1 Å². The van der Waals surface area contributed by atoms with Gasteiger partial charge >= 0.3 is 0 Å². The molecule has 0 N–H and O–H groups in total. The van der Waals surface area contributed by atoms with E-state index in [1.54, 1.807) is 37.2 Å². The summed E-state index contributed by atoms with van der Waals surface area (Å²) in [5.41, 5.74) is 14.3. The molecule has 7 aromatic carbocycles. The Balaban J connectivity index is 1.22. The maximum atomic E-state index is 5.02. The molecule has 0 radical (unpaired) electrons. The van der Waals surface area contributed by atoms with Gasteiger partial charge in [0.25, 0.3) is 0 Å². The van der Waals surface area contributed by atoms with Crippen molar-refractivity contribution in [2.24, 2.45) is 0 Å². The van der Waals surface area contributed by atoms with Crippen LogP contribution in [0.25, 0.3) is 32.7 Å². The second-order valence-electron chi connectivity index (χ2n) is 20.0. The maximum Gasteiger partial charge on any atom is 0.156 e. The second kappa shape index (κ2) is 18.2. The molecular weight excluding hydrogens is 871 g/mol. The van der Waals surface area contributed by atoms with E-state index in [1.165, 1.54) is 38.9 Å². The van der Waals surface area contributed by atoms with E-state index in [2.05, 4.69) is 212 Å². The van der Waals surface area contributed by atoms with Gasteiger partial charge in [0.2, 0.25) is 0 Å². The number of rotatable bonds is 12. The lowest BCUT2D eigenvalue weighted by Crippen LogP contribution is -2.18. The summed E-state index contributed by atoms with van der Waals surface area (Å²) in [6.07, 6.45) is 16.1. The smallest absolute Gasteiger partial charge is 0.156 e. The van der Waals surface area contributed by atoms with Gasteiger partial charge in [-0.2, -0.15) is 0 Å². The van der Waals surface area contributed by atoms with Crippen LogP contribution in [0.5, 0.6) is 0 Å². The van der Waals surface area contributed by atoms with Crippen LogP contribution in [0.15, 0.2) is 183 Å². The molecular formula is C62H57N9. The van der Waals surface area contributed by atoms with Gasteiger partial charge in [-0.05, 0) is 117 Å². The molecule has 0 fully saturated rings. The van der Waals surface area contributed by atoms with Crippen molar-refractivity contribution in [2.45, 2.75) is 78.6 Å². The molecule has 0 atom stereocenters. The highest BCUT2D eigenvalue weighted by Crippen LogP contribution is 2.57. The summed E-state index contributed by atoms with van der Waals surface area (Å²) in [6.45, 7) is 18.1. The van der Waals surface area contributed by atoms with Gasteiger partial charge in [0.1, 0.15) is 0 Å². The third kappa shape index (κ3) is 8.01. The Morgan fingerprint density at radius 1 is 0.366 bits per heavy atom. The fourth-order valence-electron chi connectivity index (χ4n) is 10.4. The van der Waals surface area contributed by atoms with Crippen molar-refractivity contribution in [2.75, 3.05) is 14.7 Å².